The fourth-order valence-electron chi connectivity index (χ4n) is 1.12. The van der Waals surface area contributed by atoms with Gasteiger partial charge in [-0.2, -0.15) is 0 Å². The van der Waals surface area contributed by atoms with Crippen LogP contribution in [-0.4, -0.2) is 28.1 Å². The van der Waals surface area contributed by atoms with Crippen LogP contribution in [0.4, 0.5) is 0 Å². The average Bonchev–Trinajstić information content (AvgIpc) is 2.15. The van der Waals surface area contributed by atoms with Crippen molar-refractivity contribution in [2.75, 3.05) is 6.73 Å². The lowest BCUT2D eigenvalue weighted by atomic mass is 10.2. The zero-order chi connectivity index (χ0) is 9.68. The highest BCUT2D eigenvalue weighted by molar-refractivity contribution is 5.14. The lowest BCUT2D eigenvalue weighted by Gasteiger charge is -2.22. The molecule has 0 radical (unpaired) electrons. The van der Waals surface area contributed by atoms with Crippen LogP contribution < -0.4 is 0 Å². The average molecular weight is 181 g/mol. The molecule has 0 aromatic heterocycles. The summed E-state index contributed by atoms with van der Waals surface area (Å²) >= 11 is 0. The summed E-state index contributed by atoms with van der Waals surface area (Å²) in [7, 11) is 0. The van der Waals surface area contributed by atoms with Gasteiger partial charge in [-0.05, 0) is 12.5 Å². The van der Waals surface area contributed by atoms with Gasteiger partial charge >= 0.3 is 0 Å². The van der Waals surface area contributed by atoms with Crippen molar-refractivity contribution in [1.82, 2.24) is 4.90 Å². The van der Waals surface area contributed by atoms with Crippen LogP contribution in [0.3, 0.4) is 0 Å². The summed E-state index contributed by atoms with van der Waals surface area (Å²) in [6.07, 6.45) is -0.620. The van der Waals surface area contributed by atoms with Crippen LogP contribution in [0.2, 0.25) is 0 Å². The molecule has 13 heavy (non-hydrogen) atoms. The minimum Gasteiger partial charge on any atom is -0.381 e. The fourth-order valence-corrected chi connectivity index (χ4v) is 1.12. The quantitative estimate of drug-likeness (QED) is 0.674. The van der Waals surface area contributed by atoms with E-state index in [1.54, 1.807) is 11.8 Å². The smallest absolute Gasteiger partial charge is 0.106 e. The van der Waals surface area contributed by atoms with E-state index in [0.29, 0.717) is 6.54 Å². The third-order valence-corrected chi connectivity index (χ3v) is 1.94. The summed E-state index contributed by atoms with van der Waals surface area (Å²) in [6, 6.07) is 9.74. The van der Waals surface area contributed by atoms with Crippen molar-refractivity contribution in [2.24, 2.45) is 0 Å². The Hall–Kier alpha value is -0.900. The molecule has 2 N–H and O–H groups in total. The van der Waals surface area contributed by atoms with Gasteiger partial charge in [0.1, 0.15) is 6.23 Å². The van der Waals surface area contributed by atoms with E-state index in [0.717, 1.165) is 5.56 Å². The first-order valence-corrected chi connectivity index (χ1v) is 4.31. The van der Waals surface area contributed by atoms with Gasteiger partial charge in [0, 0.05) is 6.54 Å². The summed E-state index contributed by atoms with van der Waals surface area (Å²) in [6.45, 7) is 2.07. The van der Waals surface area contributed by atoms with Crippen molar-refractivity contribution in [2.45, 2.75) is 19.7 Å². The summed E-state index contributed by atoms with van der Waals surface area (Å²) in [5.41, 5.74) is 1.08. The maximum Gasteiger partial charge on any atom is 0.106 e. The largest absolute Gasteiger partial charge is 0.381 e. The van der Waals surface area contributed by atoms with Crippen molar-refractivity contribution in [3.05, 3.63) is 35.9 Å². The highest BCUT2D eigenvalue weighted by Crippen LogP contribution is 2.05. The number of rotatable bonds is 4. The van der Waals surface area contributed by atoms with Crippen LogP contribution in [0.5, 0.6) is 0 Å². The number of aliphatic hydroxyl groups is 2. The molecular formula is C10H15NO2. The molecule has 0 saturated carbocycles. The first kappa shape index (κ1) is 10.2. The maximum absolute atomic E-state index is 9.24. The molecule has 0 aliphatic rings. The van der Waals surface area contributed by atoms with Gasteiger partial charge in [0.2, 0.25) is 0 Å². The summed E-state index contributed by atoms with van der Waals surface area (Å²) < 4.78 is 0. The molecule has 0 fully saturated rings. The van der Waals surface area contributed by atoms with E-state index in [2.05, 4.69) is 0 Å². The molecule has 0 bridgehead atoms. The standard InChI is InChI=1S/C10H15NO2/c1-9(13)11(8-12)7-10-5-3-2-4-6-10/h2-6,9,12-13H,7-8H2,1H3. The third-order valence-electron chi connectivity index (χ3n) is 1.94. The van der Waals surface area contributed by atoms with Crippen molar-refractivity contribution in [3.63, 3.8) is 0 Å². The van der Waals surface area contributed by atoms with Crippen LogP contribution in [0.25, 0.3) is 0 Å². The second kappa shape index (κ2) is 4.97. The molecule has 0 spiro atoms. The van der Waals surface area contributed by atoms with Crippen molar-refractivity contribution in [1.29, 1.82) is 0 Å². The molecule has 3 nitrogen and oxygen atoms in total. The van der Waals surface area contributed by atoms with Crippen LogP contribution in [0.15, 0.2) is 30.3 Å². The maximum atomic E-state index is 9.24. The predicted octanol–water partition coefficient (Wildman–Crippen LogP) is 0.777. The van der Waals surface area contributed by atoms with E-state index in [4.69, 9.17) is 5.11 Å². The normalized spacial score (nSPS) is 13.2. The molecule has 72 valence electrons. The molecule has 1 atom stereocenters. The van der Waals surface area contributed by atoms with Gasteiger partial charge in [-0.15, -0.1) is 0 Å². The van der Waals surface area contributed by atoms with E-state index in [1.807, 2.05) is 30.3 Å². The van der Waals surface area contributed by atoms with Gasteiger partial charge in [0.25, 0.3) is 0 Å². The second-order valence-electron chi connectivity index (χ2n) is 3.01. The van der Waals surface area contributed by atoms with Gasteiger partial charge in [0.15, 0.2) is 0 Å². The number of nitrogens with zero attached hydrogens (tertiary/aromatic N) is 1. The number of hydrogen-bond donors (Lipinski definition) is 2. The monoisotopic (exact) mass is 181 g/mol. The minimum absolute atomic E-state index is 0.132. The van der Waals surface area contributed by atoms with Crippen LogP contribution in [0, 0.1) is 0 Å². The molecule has 0 amide bonds. The fraction of sp³-hybridized carbons (Fsp3) is 0.400. The van der Waals surface area contributed by atoms with Crippen LogP contribution in [0.1, 0.15) is 12.5 Å². The highest BCUT2D eigenvalue weighted by atomic mass is 16.3. The minimum atomic E-state index is -0.620. The molecule has 1 aromatic rings. The zero-order valence-corrected chi connectivity index (χ0v) is 7.72. The molecule has 3 heteroatoms. The van der Waals surface area contributed by atoms with E-state index < -0.39 is 6.23 Å². The first-order chi connectivity index (χ1) is 6.24. The summed E-state index contributed by atoms with van der Waals surface area (Å²) in [5.74, 6) is 0. The molecule has 1 aromatic carbocycles. The van der Waals surface area contributed by atoms with E-state index in [-0.39, 0.29) is 6.73 Å². The van der Waals surface area contributed by atoms with Crippen molar-refractivity contribution >= 4 is 0 Å². The van der Waals surface area contributed by atoms with Gasteiger partial charge in [-0.1, -0.05) is 30.3 Å². The SMILES string of the molecule is CC(O)N(CO)Cc1ccccc1. The zero-order valence-electron chi connectivity index (χ0n) is 7.72. The number of aliphatic hydroxyl groups excluding tert-OH is 2. The number of benzene rings is 1. The Morgan fingerprint density at radius 2 is 1.92 bits per heavy atom. The van der Waals surface area contributed by atoms with Crippen LogP contribution in [-0.2, 0) is 6.54 Å². The Balaban J connectivity index is 2.57. The molecule has 1 unspecified atom stereocenters. The van der Waals surface area contributed by atoms with Crippen molar-refractivity contribution < 1.29 is 10.2 Å². The summed E-state index contributed by atoms with van der Waals surface area (Å²) in [5, 5.41) is 18.2. The van der Waals surface area contributed by atoms with E-state index in [1.165, 1.54) is 0 Å². The lowest BCUT2D eigenvalue weighted by molar-refractivity contribution is -0.0401. The van der Waals surface area contributed by atoms with Crippen molar-refractivity contribution in [3.8, 4) is 0 Å². The third kappa shape index (κ3) is 3.14. The molecule has 0 aliphatic carbocycles. The second-order valence-corrected chi connectivity index (χ2v) is 3.01. The molecule has 0 heterocycles. The van der Waals surface area contributed by atoms with Gasteiger partial charge in [-0.25, -0.2) is 0 Å². The van der Waals surface area contributed by atoms with Gasteiger partial charge < -0.3 is 10.2 Å². The Labute approximate surface area is 78.2 Å². The Bertz CT molecular complexity index is 236. The van der Waals surface area contributed by atoms with Crippen LogP contribution >= 0.6 is 0 Å². The molecule has 1 rings (SSSR count). The van der Waals surface area contributed by atoms with Gasteiger partial charge in [0.05, 0.1) is 6.73 Å². The Kier molecular flexibility index (Phi) is 3.89. The first-order valence-electron chi connectivity index (χ1n) is 4.31. The summed E-state index contributed by atoms with van der Waals surface area (Å²) in [4.78, 5) is 1.56. The Morgan fingerprint density at radius 3 is 2.38 bits per heavy atom. The molecule has 0 aliphatic heterocycles. The van der Waals surface area contributed by atoms with E-state index >= 15 is 0 Å². The molecule has 0 saturated heterocycles. The highest BCUT2D eigenvalue weighted by Gasteiger charge is 2.08. The topological polar surface area (TPSA) is 43.7 Å². The van der Waals surface area contributed by atoms with Gasteiger partial charge in [-0.3, -0.25) is 4.90 Å². The Morgan fingerprint density at radius 1 is 1.31 bits per heavy atom. The van der Waals surface area contributed by atoms with E-state index in [9.17, 15) is 5.11 Å². The predicted molar refractivity (Wildman–Crippen MR) is 50.8 cm³/mol. The number of hydrogen-bond acceptors (Lipinski definition) is 3. The molecular weight excluding hydrogens is 166 g/mol. The lowest BCUT2D eigenvalue weighted by Crippen LogP contribution is -2.32.